The molecule has 1 aromatic rings. The number of amides is 1. The van der Waals surface area contributed by atoms with Crippen LogP contribution >= 0.6 is 0 Å². The van der Waals surface area contributed by atoms with Gasteiger partial charge in [0.1, 0.15) is 0 Å². The third-order valence-electron chi connectivity index (χ3n) is 5.58. The molecule has 1 aliphatic heterocycles. The molecule has 0 aliphatic carbocycles. The van der Waals surface area contributed by atoms with Crippen molar-refractivity contribution >= 4 is 15.9 Å². The average Bonchev–Trinajstić information content (AvgIpc) is 2.67. The summed E-state index contributed by atoms with van der Waals surface area (Å²) in [7, 11) is -3.47. The van der Waals surface area contributed by atoms with E-state index in [1.54, 1.807) is 16.4 Å². The smallest absolute Gasteiger partial charge is 0.275 e. The van der Waals surface area contributed by atoms with E-state index in [1.165, 1.54) is 5.56 Å². The van der Waals surface area contributed by atoms with Crippen LogP contribution in [0.15, 0.2) is 29.2 Å². The Morgan fingerprint density at radius 1 is 1.14 bits per heavy atom. The fourth-order valence-electron chi connectivity index (χ4n) is 3.36. The molecule has 6 nitrogen and oxygen atoms in total. The molecule has 2 N–H and O–H groups in total. The number of piperazine rings is 1. The molecule has 1 saturated heterocycles. The minimum atomic E-state index is -3.47. The van der Waals surface area contributed by atoms with E-state index < -0.39 is 10.0 Å². The van der Waals surface area contributed by atoms with Crippen LogP contribution in [0.25, 0.3) is 0 Å². The molecular weight excluding hydrogens is 374 g/mol. The molecule has 158 valence electrons. The van der Waals surface area contributed by atoms with Crippen molar-refractivity contribution in [2.75, 3.05) is 39.3 Å². The molecule has 2 rings (SSSR count). The van der Waals surface area contributed by atoms with Gasteiger partial charge in [0.2, 0.25) is 10.0 Å². The van der Waals surface area contributed by atoms with Crippen LogP contribution in [-0.2, 0) is 14.8 Å². The number of rotatable bonds is 9. The van der Waals surface area contributed by atoms with Gasteiger partial charge in [-0.1, -0.05) is 39.8 Å². The molecule has 1 heterocycles. The fraction of sp³-hybridized carbons (Fsp3) is 0.667. The minimum Gasteiger partial charge on any atom is -0.351 e. The predicted molar refractivity (Wildman–Crippen MR) is 112 cm³/mol. The summed E-state index contributed by atoms with van der Waals surface area (Å²) in [5.41, 5.74) is 1.17. The van der Waals surface area contributed by atoms with Gasteiger partial charge in [-0.3, -0.25) is 4.79 Å². The molecule has 0 aromatic heterocycles. The molecule has 0 saturated carbocycles. The zero-order valence-corrected chi connectivity index (χ0v) is 18.5. The Balaban J connectivity index is 1.87. The summed E-state index contributed by atoms with van der Waals surface area (Å²) in [4.78, 5) is 13.5. The van der Waals surface area contributed by atoms with Crippen LogP contribution in [0.3, 0.4) is 0 Å². The second-order valence-electron chi connectivity index (χ2n) is 8.24. The van der Waals surface area contributed by atoms with E-state index in [-0.39, 0.29) is 5.91 Å². The number of nitrogens with one attached hydrogen (secondary N) is 2. The first kappa shape index (κ1) is 22.8. The highest BCUT2D eigenvalue weighted by Crippen LogP contribution is 2.22. The van der Waals surface area contributed by atoms with Gasteiger partial charge in [-0.2, -0.15) is 4.31 Å². The van der Waals surface area contributed by atoms with Crippen molar-refractivity contribution < 1.29 is 18.1 Å². The van der Waals surface area contributed by atoms with Gasteiger partial charge in [0.15, 0.2) is 6.54 Å². The van der Waals surface area contributed by atoms with E-state index in [9.17, 15) is 13.2 Å². The van der Waals surface area contributed by atoms with Crippen LogP contribution < -0.4 is 10.2 Å². The zero-order valence-electron chi connectivity index (χ0n) is 17.7. The fourth-order valence-corrected chi connectivity index (χ4v) is 4.80. The van der Waals surface area contributed by atoms with Crippen LogP contribution in [-0.4, -0.2) is 57.9 Å². The highest BCUT2D eigenvalue weighted by molar-refractivity contribution is 7.89. The summed E-state index contributed by atoms with van der Waals surface area (Å²) in [6.07, 6.45) is 2.00. The highest BCUT2D eigenvalue weighted by Gasteiger charge is 2.31. The summed E-state index contributed by atoms with van der Waals surface area (Å²) < 4.78 is 27.4. The van der Waals surface area contributed by atoms with Crippen molar-refractivity contribution in [2.24, 2.45) is 5.92 Å². The molecule has 7 heteroatoms. The number of hydrogen-bond donors (Lipinski definition) is 2. The second kappa shape index (κ2) is 10.4. The number of carbonyl (C=O) groups excluding carboxylic acids is 1. The molecule has 0 unspecified atom stereocenters. The SMILES string of the molecule is CC[C@H](C)c1ccc(S(=O)(=O)N2CC[NH+](CC(=O)NCCC(C)C)CC2)cc1. The summed E-state index contributed by atoms with van der Waals surface area (Å²) >= 11 is 0. The normalized spacial score (nSPS) is 17.6. The van der Waals surface area contributed by atoms with Crippen LogP contribution in [0.4, 0.5) is 0 Å². The van der Waals surface area contributed by atoms with Gasteiger partial charge in [0.25, 0.3) is 5.91 Å². The van der Waals surface area contributed by atoms with E-state index in [4.69, 9.17) is 0 Å². The van der Waals surface area contributed by atoms with Gasteiger partial charge < -0.3 is 10.2 Å². The van der Waals surface area contributed by atoms with Crippen molar-refractivity contribution in [2.45, 2.75) is 51.3 Å². The quantitative estimate of drug-likeness (QED) is 0.644. The minimum absolute atomic E-state index is 0.0487. The summed E-state index contributed by atoms with van der Waals surface area (Å²) in [5.74, 6) is 1.05. The Morgan fingerprint density at radius 2 is 1.75 bits per heavy atom. The van der Waals surface area contributed by atoms with Crippen molar-refractivity contribution in [3.63, 3.8) is 0 Å². The maximum atomic E-state index is 12.9. The third-order valence-corrected chi connectivity index (χ3v) is 7.50. The lowest BCUT2D eigenvalue weighted by Gasteiger charge is -2.31. The van der Waals surface area contributed by atoms with E-state index in [1.807, 2.05) is 12.1 Å². The average molecular weight is 411 g/mol. The first-order valence-corrected chi connectivity index (χ1v) is 11.9. The number of benzene rings is 1. The molecule has 0 bridgehead atoms. The number of nitrogens with zero attached hydrogens (tertiary/aromatic N) is 1. The van der Waals surface area contributed by atoms with Crippen LogP contribution in [0.1, 0.15) is 52.0 Å². The van der Waals surface area contributed by atoms with Crippen molar-refractivity contribution in [3.05, 3.63) is 29.8 Å². The van der Waals surface area contributed by atoms with Crippen LogP contribution in [0.5, 0.6) is 0 Å². The molecule has 1 amide bonds. The van der Waals surface area contributed by atoms with Crippen molar-refractivity contribution in [1.29, 1.82) is 0 Å². The lowest BCUT2D eigenvalue weighted by atomic mass is 9.99. The predicted octanol–water partition coefficient (Wildman–Crippen LogP) is 1.25. The summed E-state index contributed by atoms with van der Waals surface area (Å²) in [6.45, 7) is 11.9. The third kappa shape index (κ3) is 6.29. The zero-order chi connectivity index (χ0) is 20.7. The van der Waals surface area contributed by atoms with Gasteiger partial charge in [-0.05, 0) is 42.4 Å². The van der Waals surface area contributed by atoms with Crippen LogP contribution in [0.2, 0.25) is 0 Å². The maximum absolute atomic E-state index is 12.9. The maximum Gasteiger partial charge on any atom is 0.275 e. The topological polar surface area (TPSA) is 70.9 Å². The molecular formula is C21H36N3O3S+. The molecule has 1 aliphatic rings. The Bertz CT molecular complexity index is 724. The van der Waals surface area contributed by atoms with Gasteiger partial charge in [-0.15, -0.1) is 0 Å². The largest absolute Gasteiger partial charge is 0.351 e. The number of hydrogen-bond acceptors (Lipinski definition) is 3. The Labute approximate surface area is 170 Å². The Hall–Kier alpha value is -1.44. The number of sulfonamides is 1. The lowest BCUT2D eigenvalue weighted by molar-refractivity contribution is -0.895. The molecule has 1 aromatic carbocycles. The van der Waals surface area contributed by atoms with Gasteiger partial charge in [0, 0.05) is 6.54 Å². The first-order valence-electron chi connectivity index (χ1n) is 10.4. The van der Waals surface area contributed by atoms with Crippen molar-refractivity contribution in [1.82, 2.24) is 9.62 Å². The molecule has 0 radical (unpaired) electrons. The van der Waals surface area contributed by atoms with E-state index in [0.29, 0.717) is 56.0 Å². The Morgan fingerprint density at radius 3 is 2.29 bits per heavy atom. The van der Waals surface area contributed by atoms with E-state index in [2.05, 4.69) is 33.0 Å². The molecule has 0 spiro atoms. The highest BCUT2D eigenvalue weighted by atomic mass is 32.2. The monoisotopic (exact) mass is 410 g/mol. The standard InChI is InChI=1S/C21H35N3O3S/c1-5-18(4)19-6-8-20(9-7-19)28(26,27)24-14-12-23(13-15-24)16-21(25)22-11-10-17(2)3/h6-9,17-18H,5,10-16H2,1-4H3,(H,22,25)/p+1/t18-/m0/s1. The summed E-state index contributed by atoms with van der Waals surface area (Å²) in [6, 6.07) is 7.28. The molecule has 1 atom stereocenters. The van der Waals surface area contributed by atoms with E-state index in [0.717, 1.165) is 17.7 Å². The number of quaternary nitrogens is 1. The van der Waals surface area contributed by atoms with Crippen molar-refractivity contribution in [3.8, 4) is 0 Å². The van der Waals surface area contributed by atoms with Gasteiger partial charge in [0.05, 0.1) is 31.1 Å². The molecule has 1 fully saturated rings. The Kier molecular flexibility index (Phi) is 8.46. The van der Waals surface area contributed by atoms with Gasteiger partial charge >= 0.3 is 0 Å². The van der Waals surface area contributed by atoms with Gasteiger partial charge in [-0.25, -0.2) is 8.42 Å². The lowest BCUT2D eigenvalue weighted by Crippen LogP contribution is -3.15. The summed E-state index contributed by atoms with van der Waals surface area (Å²) in [5, 5.41) is 2.96. The first-order chi connectivity index (χ1) is 13.2. The van der Waals surface area contributed by atoms with Crippen LogP contribution in [0, 0.1) is 5.92 Å². The van der Waals surface area contributed by atoms with E-state index >= 15 is 0 Å². The number of carbonyl (C=O) groups is 1. The second-order valence-corrected chi connectivity index (χ2v) is 10.2. The molecule has 28 heavy (non-hydrogen) atoms.